The monoisotopic (exact) mass is 267 g/mol. The van der Waals surface area contributed by atoms with Crippen molar-refractivity contribution in [2.24, 2.45) is 0 Å². The van der Waals surface area contributed by atoms with Gasteiger partial charge in [0.1, 0.15) is 6.07 Å². The molecule has 1 aromatic heterocycles. The Bertz CT molecular complexity index is 644. The Balaban J connectivity index is 2.01. The molecule has 5 heteroatoms. The molecule has 0 aliphatic heterocycles. The minimum atomic E-state index is 0.424. The summed E-state index contributed by atoms with van der Waals surface area (Å²) in [5.74, 6) is 0.424. The zero-order chi connectivity index (χ0) is 14.1. The summed E-state index contributed by atoms with van der Waals surface area (Å²) in [6.45, 7) is 0. The van der Waals surface area contributed by atoms with Crippen LogP contribution in [0, 0.1) is 11.3 Å². The molecule has 20 heavy (non-hydrogen) atoms. The molecule has 0 amide bonds. The van der Waals surface area contributed by atoms with E-state index < -0.39 is 0 Å². The summed E-state index contributed by atoms with van der Waals surface area (Å²) in [5.41, 5.74) is 3.54. The second-order valence-electron chi connectivity index (χ2n) is 5.39. The Labute approximate surface area is 118 Å². The Morgan fingerprint density at radius 2 is 1.95 bits per heavy atom. The Morgan fingerprint density at radius 3 is 2.45 bits per heavy atom. The van der Waals surface area contributed by atoms with E-state index in [9.17, 15) is 5.26 Å². The van der Waals surface area contributed by atoms with Gasteiger partial charge in [0, 0.05) is 25.7 Å². The second-order valence-corrected chi connectivity index (χ2v) is 5.39. The van der Waals surface area contributed by atoms with Crippen molar-refractivity contribution in [3.05, 3.63) is 35.7 Å². The standard InChI is InChI=1S/C15H17N5/c1-19(2)12-6-8-13(9-7-12)20-15(11-4-3-5-11)14(10-16)17-18-20/h6-9,11H,3-5H2,1-2H3. The van der Waals surface area contributed by atoms with Gasteiger partial charge in [0.2, 0.25) is 0 Å². The van der Waals surface area contributed by atoms with E-state index >= 15 is 0 Å². The molecule has 0 N–H and O–H groups in total. The van der Waals surface area contributed by atoms with Crippen LogP contribution >= 0.6 is 0 Å². The van der Waals surface area contributed by atoms with E-state index in [4.69, 9.17) is 0 Å². The molecule has 102 valence electrons. The van der Waals surface area contributed by atoms with Crippen LogP contribution in [0.4, 0.5) is 5.69 Å². The normalized spacial score (nSPS) is 14.7. The van der Waals surface area contributed by atoms with Gasteiger partial charge in [-0.3, -0.25) is 0 Å². The van der Waals surface area contributed by atoms with Gasteiger partial charge in [-0.2, -0.15) is 5.26 Å². The molecule has 1 heterocycles. The topological polar surface area (TPSA) is 57.7 Å². The largest absolute Gasteiger partial charge is 0.378 e. The summed E-state index contributed by atoms with van der Waals surface area (Å²) < 4.78 is 1.82. The highest BCUT2D eigenvalue weighted by molar-refractivity contribution is 5.50. The molecule has 1 aliphatic carbocycles. The van der Waals surface area contributed by atoms with E-state index in [-0.39, 0.29) is 0 Å². The first-order valence-electron chi connectivity index (χ1n) is 6.84. The van der Waals surface area contributed by atoms with E-state index in [1.807, 2.05) is 43.0 Å². The minimum Gasteiger partial charge on any atom is -0.378 e. The van der Waals surface area contributed by atoms with E-state index in [2.05, 4.69) is 21.3 Å². The van der Waals surface area contributed by atoms with Crippen LogP contribution in [-0.2, 0) is 0 Å². The predicted molar refractivity (Wildman–Crippen MR) is 77.0 cm³/mol. The van der Waals surface area contributed by atoms with Crippen molar-refractivity contribution in [1.82, 2.24) is 15.0 Å². The summed E-state index contributed by atoms with van der Waals surface area (Å²) in [7, 11) is 4.02. The van der Waals surface area contributed by atoms with Crippen molar-refractivity contribution < 1.29 is 0 Å². The number of rotatable bonds is 3. The SMILES string of the molecule is CN(C)c1ccc(-n2nnc(C#N)c2C2CCC2)cc1. The van der Waals surface area contributed by atoms with Crippen molar-refractivity contribution in [3.8, 4) is 11.8 Å². The quantitative estimate of drug-likeness (QED) is 0.857. The highest BCUT2D eigenvalue weighted by Crippen LogP contribution is 2.38. The molecule has 1 aliphatic rings. The van der Waals surface area contributed by atoms with Gasteiger partial charge in [-0.1, -0.05) is 11.6 Å². The molecule has 0 atom stereocenters. The average molecular weight is 267 g/mol. The number of aromatic nitrogens is 3. The first-order chi connectivity index (χ1) is 9.70. The third kappa shape index (κ3) is 2.03. The van der Waals surface area contributed by atoms with Crippen LogP contribution in [-0.4, -0.2) is 29.1 Å². The molecular formula is C15H17N5. The number of benzene rings is 1. The number of anilines is 1. The number of nitrogens with zero attached hydrogens (tertiary/aromatic N) is 5. The lowest BCUT2D eigenvalue weighted by Crippen LogP contribution is -2.15. The zero-order valence-corrected chi connectivity index (χ0v) is 11.7. The maximum Gasteiger partial charge on any atom is 0.186 e. The van der Waals surface area contributed by atoms with Gasteiger partial charge in [0.05, 0.1) is 11.4 Å². The van der Waals surface area contributed by atoms with Gasteiger partial charge in [0.15, 0.2) is 5.69 Å². The number of nitriles is 1. The molecule has 3 rings (SSSR count). The Kier molecular flexibility index (Phi) is 3.15. The van der Waals surface area contributed by atoms with Crippen LogP contribution in [0.5, 0.6) is 0 Å². The summed E-state index contributed by atoms with van der Waals surface area (Å²) in [6.07, 6.45) is 3.47. The van der Waals surface area contributed by atoms with Crippen LogP contribution in [0.2, 0.25) is 0 Å². The molecule has 5 nitrogen and oxygen atoms in total. The maximum atomic E-state index is 9.19. The maximum absolute atomic E-state index is 9.19. The molecule has 2 aromatic rings. The van der Waals surface area contributed by atoms with Crippen LogP contribution in [0.3, 0.4) is 0 Å². The number of hydrogen-bond acceptors (Lipinski definition) is 4. The molecule has 1 aromatic carbocycles. The fourth-order valence-corrected chi connectivity index (χ4v) is 2.50. The Hall–Kier alpha value is -2.35. The first-order valence-corrected chi connectivity index (χ1v) is 6.84. The molecular weight excluding hydrogens is 250 g/mol. The van der Waals surface area contributed by atoms with Gasteiger partial charge >= 0.3 is 0 Å². The summed E-state index contributed by atoms with van der Waals surface area (Å²) in [4.78, 5) is 2.05. The summed E-state index contributed by atoms with van der Waals surface area (Å²) in [5, 5.41) is 17.4. The van der Waals surface area contributed by atoms with Crippen LogP contribution in [0.25, 0.3) is 5.69 Å². The lowest BCUT2D eigenvalue weighted by atomic mass is 9.82. The lowest BCUT2D eigenvalue weighted by molar-refractivity contribution is 0.402. The molecule has 0 radical (unpaired) electrons. The zero-order valence-electron chi connectivity index (χ0n) is 11.7. The Morgan fingerprint density at radius 1 is 1.25 bits per heavy atom. The van der Waals surface area contributed by atoms with Crippen molar-refractivity contribution in [2.75, 3.05) is 19.0 Å². The molecule has 0 unspecified atom stereocenters. The fourth-order valence-electron chi connectivity index (χ4n) is 2.50. The van der Waals surface area contributed by atoms with Crippen molar-refractivity contribution in [1.29, 1.82) is 5.26 Å². The third-order valence-corrected chi connectivity index (χ3v) is 3.91. The minimum absolute atomic E-state index is 0.424. The van der Waals surface area contributed by atoms with Crippen molar-refractivity contribution in [2.45, 2.75) is 25.2 Å². The van der Waals surface area contributed by atoms with E-state index in [1.54, 1.807) is 0 Å². The van der Waals surface area contributed by atoms with Crippen molar-refractivity contribution in [3.63, 3.8) is 0 Å². The van der Waals surface area contributed by atoms with Gasteiger partial charge in [-0.15, -0.1) is 5.10 Å². The molecule has 0 saturated heterocycles. The van der Waals surface area contributed by atoms with Crippen LogP contribution in [0.15, 0.2) is 24.3 Å². The van der Waals surface area contributed by atoms with Gasteiger partial charge in [0.25, 0.3) is 0 Å². The molecule has 1 fully saturated rings. The van der Waals surface area contributed by atoms with Crippen LogP contribution < -0.4 is 4.90 Å². The van der Waals surface area contributed by atoms with Gasteiger partial charge < -0.3 is 4.90 Å². The number of hydrogen-bond donors (Lipinski definition) is 0. The van der Waals surface area contributed by atoms with Crippen LogP contribution in [0.1, 0.15) is 36.6 Å². The van der Waals surface area contributed by atoms with Gasteiger partial charge in [-0.25, -0.2) is 4.68 Å². The van der Waals surface area contributed by atoms with E-state index in [0.29, 0.717) is 11.6 Å². The van der Waals surface area contributed by atoms with Crippen molar-refractivity contribution >= 4 is 5.69 Å². The average Bonchev–Trinajstić information content (AvgIpc) is 2.80. The molecule has 0 bridgehead atoms. The van der Waals surface area contributed by atoms with E-state index in [1.165, 1.54) is 6.42 Å². The smallest absolute Gasteiger partial charge is 0.186 e. The lowest BCUT2D eigenvalue weighted by Gasteiger charge is -2.25. The highest BCUT2D eigenvalue weighted by atomic mass is 15.4. The van der Waals surface area contributed by atoms with E-state index in [0.717, 1.165) is 29.9 Å². The summed E-state index contributed by atoms with van der Waals surface area (Å²) >= 11 is 0. The first kappa shape index (κ1) is 12.7. The molecule has 1 saturated carbocycles. The molecule has 0 spiro atoms. The fraction of sp³-hybridized carbons (Fsp3) is 0.400. The second kappa shape index (κ2) is 4.97. The predicted octanol–water partition coefficient (Wildman–Crippen LogP) is 2.47. The summed E-state index contributed by atoms with van der Waals surface area (Å²) in [6, 6.07) is 10.3. The third-order valence-electron chi connectivity index (χ3n) is 3.91. The highest BCUT2D eigenvalue weighted by Gasteiger charge is 2.28. The van der Waals surface area contributed by atoms with Gasteiger partial charge in [-0.05, 0) is 37.1 Å².